The molecule has 0 aromatic carbocycles. The van der Waals surface area contributed by atoms with Crippen LogP contribution in [-0.2, 0) is 15.1 Å². The average Bonchev–Trinajstić information content (AvgIpc) is 3.24. The monoisotopic (exact) mass is 471 g/mol. The van der Waals surface area contributed by atoms with Gasteiger partial charge in [0.25, 0.3) is 5.91 Å². The van der Waals surface area contributed by atoms with Crippen LogP contribution in [0.5, 0.6) is 0 Å². The SMILES string of the molecule is CC1(C)CC=C(c2nc(C34CC5(C)C=CC(C)(O5)C3O4)ccc2NC(=O)c2ncc(C#N)[nH]2)CC1. The molecule has 0 radical (unpaired) electrons. The lowest BCUT2D eigenvalue weighted by Crippen LogP contribution is -2.47. The number of nitrogens with one attached hydrogen (secondary N) is 2. The molecular weight excluding hydrogens is 442 g/mol. The highest BCUT2D eigenvalue weighted by molar-refractivity contribution is 6.03. The van der Waals surface area contributed by atoms with Crippen LogP contribution >= 0.6 is 0 Å². The number of rotatable bonds is 4. The number of aromatic amines is 1. The van der Waals surface area contributed by atoms with Crippen LogP contribution in [-0.4, -0.2) is 38.2 Å². The molecule has 3 aliphatic heterocycles. The first-order chi connectivity index (χ1) is 16.5. The molecule has 2 bridgehead atoms. The highest BCUT2D eigenvalue weighted by Gasteiger charge is 2.73. The van der Waals surface area contributed by atoms with Crippen LogP contribution in [0, 0.1) is 16.7 Å². The summed E-state index contributed by atoms with van der Waals surface area (Å²) in [4.78, 5) is 24.8. The molecule has 35 heavy (non-hydrogen) atoms. The molecule has 0 spiro atoms. The van der Waals surface area contributed by atoms with Gasteiger partial charge < -0.3 is 19.8 Å². The standard InChI is InChI=1S/C27H29N5O3/c1-24(2)9-7-16(8-10-24)20-18(31-22(33)21-29-14-17(13-28)30-21)5-6-19(32-20)27-15-25(3)11-12-26(4,35-25)23(27)34-27/h5-7,11-12,14,23H,8-10,15H2,1-4H3,(H,29,30)(H,31,33). The molecule has 5 heterocycles. The van der Waals surface area contributed by atoms with Gasteiger partial charge in [0.2, 0.25) is 0 Å². The van der Waals surface area contributed by atoms with Crippen molar-refractivity contribution in [1.29, 1.82) is 5.26 Å². The number of aromatic nitrogens is 3. The molecule has 8 heteroatoms. The fourth-order valence-corrected chi connectivity index (χ4v) is 5.85. The number of ether oxygens (including phenoxy) is 2. The summed E-state index contributed by atoms with van der Waals surface area (Å²) in [5, 5.41) is 12.0. The van der Waals surface area contributed by atoms with E-state index in [1.54, 1.807) is 0 Å². The van der Waals surface area contributed by atoms with Crippen LogP contribution in [0.2, 0.25) is 0 Å². The maximum atomic E-state index is 12.9. The van der Waals surface area contributed by atoms with Gasteiger partial charge >= 0.3 is 0 Å². The van der Waals surface area contributed by atoms with E-state index >= 15 is 0 Å². The molecular formula is C27H29N5O3. The van der Waals surface area contributed by atoms with E-state index in [2.05, 4.69) is 61.2 Å². The van der Waals surface area contributed by atoms with Gasteiger partial charge in [0, 0.05) is 6.42 Å². The first-order valence-electron chi connectivity index (χ1n) is 12.1. The lowest BCUT2D eigenvalue weighted by atomic mass is 9.77. The predicted octanol–water partition coefficient (Wildman–Crippen LogP) is 4.62. The van der Waals surface area contributed by atoms with E-state index < -0.39 is 17.1 Å². The maximum Gasteiger partial charge on any atom is 0.291 e. The normalized spacial score (nSPS) is 34.0. The number of nitriles is 1. The Balaban J connectivity index is 1.37. The minimum atomic E-state index is -0.500. The van der Waals surface area contributed by atoms with Crippen LogP contribution in [0.15, 0.2) is 36.6 Å². The predicted molar refractivity (Wildman–Crippen MR) is 129 cm³/mol. The van der Waals surface area contributed by atoms with Crippen LogP contribution in [0.25, 0.3) is 5.57 Å². The van der Waals surface area contributed by atoms with Gasteiger partial charge in [-0.3, -0.25) is 4.79 Å². The Kier molecular flexibility index (Phi) is 4.52. The minimum Gasteiger partial charge on any atom is -0.358 e. The summed E-state index contributed by atoms with van der Waals surface area (Å²) < 4.78 is 12.7. The third kappa shape index (κ3) is 3.53. The molecule has 4 atom stereocenters. The summed E-state index contributed by atoms with van der Waals surface area (Å²) in [6, 6.07) is 5.82. The summed E-state index contributed by atoms with van der Waals surface area (Å²) in [5.41, 5.74) is 2.51. The van der Waals surface area contributed by atoms with Gasteiger partial charge in [-0.25, -0.2) is 9.97 Å². The largest absolute Gasteiger partial charge is 0.358 e. The number of fused-ring (bicyclic) bond motifs is 4. The number of hydrogen-bond acceptors (Lipinski definition) is 6. The van der Waals surface area contributed by atoms with E-state index in [9.17, 15) is 4.79 Å². The number of carbonyl (C=O) groups is 1. The van der Waals surface area contributed by atoms with Gasteiger partial charge in [-0.05, 0) is 56.2 Å². The van der Waals surface area contributed by atoms with E-state index in [1.807, 2.05) is 18.2 Å². The summed E-state index contributed by atoms with van der Waals surface area (Å²) in [7, 11) is 0. The third-order valence-electron chi connectivity index (χ3n) is 7.81. The number of nitrogens with zero attached hydrogens (tertiary/aromatic N) is 3. The van der Waals surface area contributed by atoms with Gasteiger partial charge in [-0.1, -0.05) is 32.1 Å². The average molecular weight is 472 g/mol. The summed E-state index contributed by atoms with van der Waals surface area (Å²) in [5.74, 6) is -0.321. The Bertz CT molecular complexity index is 1350. The van der Waals surface area contributed by atoms with Crippen molar-refractivity contribution in [2.24, 2.45) is 5.41 Å². The molecule has 0 saturated carbocycles. The smallest absolute Gasteiger partial charge is 0.291 e. The van der Waals surface area contributed by atoms with Crippen molar-refractivity contribution in [3.05, 3.63) is 59.5 Å². The number of allylic oxidation sites excluding steroid dienone is 2. The number of H-pyrrole nitrogens is 1. The molecule has 1 amide bonds. The van der Waals surface area contributed by atoms with E-state index in [-0.39, 0.29) is 28.6 Å². The van der Waals surface area contributed by atoms with Crippen molar-refractivity contribution in [3.8, 4) is 6.07 Å². The number of imidazole rings is 1. The summed E-state index contributed by atoms with van der Waals surface area (Å²) in [6.07, 6.45) is 11.3. The Labute approximate surface area is 204 Å². The van der Waals surface area contributed by atoms with Gasteiger partial charge in [0.1, 0.15) is 29.1 Å². The molecule has 1 aliphatic carbocycles. The van der Waals surface area contributed by atoms with Gasteiger partial charge in [-0.15, -0.1) is 0 Å². The molecule has 2 N–H and O–H groups in total. The fourth-order valence-electron chi connectivity index (χ4n) is 5.85. The number of anilines is 1. The van der Waals surface area contributed by atoms with Crippen molar-refractivity contribution in [3.63, 3.8) is 0 Å². The molecule has 8 nitrogen and oxygen atoms in total. The Morgan fingerprint density at radius 3 is 2.80 bits per heavy atom. The molecule has 2 aromatic heterocycles. The molecule has 4 aliphatic rings. The van der Waals surface area contributed by atoms with Crippen molar-refractivity contribution in [2.75, 3.05) is 5.32 Å². The lowest BCUT2D eigenvalue weighted by Gasteiger charge is -2.37. The molecule has 4 unspecified atom stereocenters. The highest BCUT2D eigenvalue weighted by atomic mass is 16.7. The van der Waals surface area contributed by atoms with Crippen LogP contribution in [0.4, 0.5) is 5.69 Å². The van der Waals surface area contributed by atoms with E-state index in [0.29, 0.717) is 12.1 Å². The van der Waals surface area contributed by atoms with Crippen LogP contribution in [0.1, 0.15) is 81.1 Å². The van der Waals surface area contributed by atoms with Gasteiger partial charge in [0.15, 0.2) is 5.82 Å². The molecule has 180 valence electrons. The fraction of sp³-hybridized carbons (Fsp3) is 0.481. The molecule has 2 aromatic rings. The topological polar surface area (TPSA) is 116 Å². The first-order valence-corrected chi connectivity index (χ1v) is 12.1. The second-order valence-electron chi connectivity index (χ2n) is 11.4. The first kappa shape index (κ1) is 22.2. The minimum absolute atomic E-state index is 0.0885. The molecule has 2 saturated heterocycles. The number of epoxide rings is 1. The zero-order valence-electron chi connectivity index (χ0n) is 20.4. The van der Waals surface area contributed by atoms with E-state index in [1.165, 1.54) is 6.20 Å². The summed E-state index contributed by atoms with van der Waals surface area (Å²) in [6.45, 7) is 8.70. The lowest BCUT2D eigenvalue weighted by molar-refractivity contribution is -0.103. The molecule has 2 fully saturated rings. The Hall–Kier alpha value is -3.28. The molecule has 6 rings (SSSR count). The van der Waals surface area contributed by atoms with Crippen LogP contribution < -0.4 is 5.32 Å². The van der Waals surface area contributed by atoms with E-state index in [0.717, 1.165) is 36.2 Å². The Morgan fingerprint density at radius 2 is 2.09 bits per heavy atom. The number of amides is 1. The number of pyridine rings is 1. The van der Waals surface area contributed by atoms with E-state index in [4.69, 9.17) is 19.7 Å². The van der Waals surface area contributed by atoms with Crippen molar-refractivity contribution in [2.45, 2.75) is 76.3 Å². The zero-order valence-corrected chi connectivity index (χ0v) is 20.4. The second-order valence-corrected chi connectivity index (χ2v) is 11.4. The third-order valence-corrected chi connectivity index (χ3v) is 7.81. The van der Waals surface area contributed by atoms with Crippen molar-refractivity contribution in [1.82, 2.24) is 15.0 Å². The Morgan fingerprint density at radius 1 is 1.26 bits per heavy atom. The number of carbonyl (C=O) groups excluding carboxylic acids is 1. The maximum absolute atomic E-state index is 12.9. The zero-order chi connectivity index (χ0) is 24.6. The highest BCUT2D eigenvalue weighted by Crippen LogP contribution is 2.64. The van der Waals surface area contributed by atoms with Crippen molar-refractivity contribution >= 4 is 17.2 Å². The van der Waals surface area contributed by atoms with Gasteiger partial charge in [-0.2, -0.15) is 5.26 Å². The van der Waals surface area contributed by atoms with Crippen molar-refractivity contribution < 1.29 is 14.3 Å². The quantitative estimate of drug-likeness (QED) is 0.496. The number of hydrogen-bond donors (Lipinski definition) is 2. The summed E-state index contributed by atoms with van der Waals surface area (Å²) >= 11 is 0. The van der Waals surface area contributed by atoms with Crippen LogP contribution in [0.3, 0.4) is 0 Å². The second kappa shape index (κ2) is 7.12. The van der Waals surface area contributed by atoms with Gasteiger partial charge in [0.05, 0.1) is 28.9 Å².